The number of benzene rings is 4. The molecule has 41 heavy (non-hydrogen) atoms. The Labute approximate surface area is 236 Å². The van der Waals surface area contributed by atoms with Gasteiger partial charge in [-0.3, -0.25) is 9.59 Å². The normalized spacial score (nSPS) is 13.7. The van der Waals surface area contributed by atoms with Gasteiger partial charge in [-0.15, -0.1) is 0 Å². The van der Waals surface area contributed by atoms with E-state index in [2.05, 4.69) is 10.6 Å². The molecule has 9 heteroatoms. The number of phenolic OH excluding ortho intramolecular Hbond substituents is 5. The second-order valence-electron chi connectivity index (χ2n) is 10.4. The molecule has 2 unspecified atom stereocenters. The van der Waals surface area contributed by atoms with Gasteiger partial charge in [-0.05, 0) is 92.4 Å². The highest BCUT2D eigenvalue weighted by Crippen LogP contribution is 2.40. The molecule has 210 valence electrons. The number of carbonyl (C=O) groups is 2. The van der Waals surface area contributed by atoms with Crippen LogP contribution in [0.2, 0.25) is 0 Å². The van der Waals surface area contributed by atoms with Crippen molar-refractivity contribution >= 4 is 22.9 Å². The van der Waals surface area contributed by atoms with Gasteiger partial charge >= 0.3 is 0 Å². The van der Waals surface area contributed by atoms with Crippen molar-refractivity contribution in [3.05, 3.63) is 100 Å². The van der Waals surface area contributed by atoms with Crippen molar-refractivity contribution in [1.29, 1.82) is 0 Å². The van der Waals surface area contributed by atoms with Crippen LogP contribution in [0.4, 0.5) is 11.4 Å². The van der Waals surface area contributed by atoms with Crippen molar-refractivity contribution in [3.63, 3.8) is 0 Å². The molecule has 0 radical (unpaired) electrons. The largest absolute Gasteiger partial charge is 0.508 e. The Morgan fingerprint density at radius 1 is 0.585 bits per heavy atom. The van der Waals surface area contributed by atoms with Gasteiger partial charge in [0, 0.05) is 29.0 Å². The Bertz CT molecular complexity index is 1680. The fraction of sp³-hybridized carbons (Fsp3) is 0.188. The molecule has 1 aliphatic rings. The topological polar surface area (TPSA) is 159 Å². The van der Waals surface area contributed by atoms with E-state index >= 15 is 0 Å². The lowest BCUT2D eigenvalue weighted by molar-refractivity contribution is 0.0977. The standard InChI is InChI=1S/C32H30N2O7/c1-16(12-18-14-20(35)6-10-25(18)37)33-23-8-9-24(34-17(2)13-19-15-21(36)7-11-26(19)38)30-29(23)31(40)22-4-3-5-27(39)28(22)32(30)41/h3-11,14-17,33-39H,12-13H2,1-2H3. The summed E-state index contributed by atoms with van der Waals surface area (Å²) in [5.74, 6) is -1.15. The molecule has 9 nitrogen and oxygen atoms in total. The molecule has 0 amide bonds. The zero-order chi connectivity index (χ0) is 29.4. The van der Waals surface area contributed by atoms with E-state index in [9.17, 15) is 35.1 Å². The van der Waals surface area contributed by atoms with Gasteiger partial charge in [0.2, 0.25) is 0 Å². The molecule has 0 aliphatic heterocycles. The molecule has 0 saturated carbocycles. The third-order valence-electron chi connectivity index (χ3n) is 7.16. The van der Waals surface area contributed by atoms with Gasteiger partial charge in [0.15, 0.2) is 11.6 Å². The Hall–Kier alpha value is -5.18. The summed E-state index contributed by atoms with van der Waals surface area (Å²) in [7, 11) is 0. The van der Waals surface area contributed by atoms with Crippen LogP contribution in [-0.2, 0) is 12.8 Å². The Kier molecular flexibility index (Phi) is 7.19. The number of rotatable bonds is 8. The smallest absolute Gasteiger partial charge is 0.200 e. The first-order valence-corrected chi connectivity index (χ1v) is 13.2. The first-order valence-electron chi connectivity index (χ1n) is 13.2. The van der Waals surface area contributed by atoms with Crippen molar-refractivity contribution in [2.24, 2.45) is 0 Å². The van der Waals surface area contributed by atoms with Gasteiger partial charge in [-0.1, -0.05) is 12.1 Å². The van der Waals surface area contributed by atoms with E-state index in [0.717, 1.165) is 0 Å². The Morgan fingerprint density at radius 3 is 1.59 bits per heavy atom. The van der Waals surface area contributed by atoms with Crippen LogP contribution in [0.1, 0.15) is 56.8 Å². The first-order chi connectivity index (χ1) is 19.5. The number of hydrogen-bond donors (Lipinski definition) is 7. The first kappa shape index (κ1) is 27.4. The van der Waals surface area contributed by atoms with E-state index in [0.29, 0.717) is 35.3 Å². The SMILES string of the molecule is CC(Cc1cc(O)ccc1O)Nc1ccc(NC(C)Cc2cc(O)ccc2O)c2c1C(=O)c1cccc(O)c1C2=O. The molecule has 0 fully saturated rings. The quantitative estimate of drug-likeness (QED) is 0.130. The molecule has 0 saturated heterocycles. The van der Waals surface area contributed by atoms with Crippen LogP contribution in [0.3, 0.4) is 0 Å². The van der Waals surface area contributed by atoms with Crippen molar-refractivity contribution < 1.29 is 35.1 Å². The summed E-state index contributed by atoms with van der Waals surface area (Å²) in [5, 5.41) is 57.2. The lowest BCUT2D eigenvalue weighted by atomic mass is 9.81. The number of nitrogens with one attached hydrogen (secondary N) is 2. The molecule has 4 aromatic rings. The van der Waals surface area contributed by atoms with Crippen LogP contribution >= 0.6 is 0 Å². The highest BCUT2D eigenvalue weighted by atomic mass is 16.3. The number of ketones is 2. The zero-order valence-corrected chi connectivity index (χ0v) is 22.5. The van der Waals surface area contributed by atoms with Crippen LogP contribution in [0.15, 0.2) is 66.7 Å². The monoisotopic (exact) mass is 554 g/mol. The van der Waals surface area contributed by atoms with Gasteiger partial charge in [0.25, 0.3) is 0 Å². The van der Waals surface area contributed by atoms with Crippen LogP contribution in [0.5, 0.6) is 28.7 Å². The minimum absolute atomic E-state index is 0.0128. The molecule has 1 aliphatic carbocycles. The number of phenols is 5. The van der Waals surface area contributed by atoms with Gasteiger partial charge in [0.05, 0.1) is 16.7 Å². The van der Waals surface area contributed by atoms with E-state index in [1.165, 1.54) is 54.6 Å². The van der Waals surface area contributed by atoms with Crippen molar-refractivity contribution in [2.45, 2.75) is 38.8 Å². The van der Waals surface area contributed by atoms with Crippen LogP contribution in [0.25, 0.3) is 0 Å². The number of hydrogen-bond acceptors (Lipinski definition) is 9. The van der Waals surface area contributed by atoms with Gasteiger partial charge in [0.1, 0.15) is 28.7 Å². The average Bonchev–Trinajstić information content (AvgIpc) is 2.92. The highest BCUT2D eigenvalue weighted by Gasteiger charge is 2.36. The predicted octanol–water partition coefficient (Wildman–Crippen LogP) is 5.08. The average molecular weight is 555 g/mol. The van der Waals surface area contributed by atoms with Crippen molar-refractivity contribution in [2.75, 3.05) is 10.6 Å². The van der Waals surface area contributed by atoms with Crippen molar-refractivity contribution in [1.82, 2.24) is 0 Å². The van der Waals surface area contributed by atoms with Crippen LogP contribution in [0, 0.1) is 0 Å². The van der Waals surface area contributed by atoms with E-state index in [-0.39, 0.29) is 63.1 Å². The minimum atomic E-state index is -0.510. The molecule has 0 spiro atoms. The maximum Gasteiger partial charge on any atom is 0.200 e. The molecule has 0 heterocycles. The summed E-state index contributed by atoms with van der Waals surface area (Å²) >= 11 is 0. The third kappa shape index (κ3) is 5.34. The van der Waals surface area contributed by atoms with E-state index in [1.807, 2.05) is 13.8 Å². The number of fused-ring (bicyclic) bond motifs is 2. The van der Waals surface area contributed by atoms with Gasteiger partial charge in [-0.25, -0.2) is 0 Å². The lowest BCUT2D eigenvalue weighted by Crippen LogP contribution is -2.28. The fourth-order valence-electron chi connectivity index (χ4n) is 5.31. The second kappa shape index (κ2) is 10.8. The molecule has 4 aromatic carbocycles. The van der Waals surface area contributed by atoms with E-state index in [4.69, 9.17) is 0 Å². The fourth-order valence-corrected chi connectivity index (χ4v) is 5.31. The molecule has 5 rings (SSSR count). The number of carbonyl (C=O) groups excluding carboxylic acids is 2. The molecular formula is C32H30N2O7. The summed E-state index contributed by atoms with van der Waals surface area (Å²) in [5.41, 5.74) is 2.09. The second-order valence-corrected chi connectivity index (χ2v) is 10.4. The minimum Gasteiger partial charge on any atom is -0.508 e. The third-order valence-corrected chi connectivity index (χ3v) is 7.16. The predicted molar refractivity (Wildman–Crippen MR) is 155 cm³/mol. The van der Waals surface area contributed by atoms with E-state index < -0.39 is 11.6 Å². The number of aromatic hydroxyl groups is 5. The zero-order valence-electron chi connectivity index (χ0n) is 22.5. The summed E-state index contributed by atoms with van der Waals surface area (Å²) in [6.45, 7) is 3.69. The maximum absolute atomic E-state index is 13.8. The van der Waals surface area contributed by atoms with Crippen LogP contribution in [-0.4, -0.2) is 49.2 Å². The molecule has 0 aromatic heterocycles. The Balaban J connectivity index is 1.52. The summed E-state index contributed by atoms with van der Waals surface area (Å²) in [4.78, 5) is 27.6. The van der Waals surface area contributed by atoms with Gasteiger partial charge in [-0.2, -0.15) is 0 Å². The summed E-state index contributed by atoms with van der Waals surface area (Å²) in [6.07, 6.45) is 0.627. The maximum atomic E-state index is 13.8. The van der Waals surface area contributed by atoms with Gasteiger partial charge < -0.3 is 36.2 Å². The molecular weight excluding hydrogens is 524 g/mol. The van der Waals surface area contributed by atoms with Crippen LogP contribution < -0.4 is 10.6 Å². The summed E-state index contributed by atoms with van der Waals surface area (Å²) in [6, 6.07) is 15.6. The summed E-state index contributed by atoms with van der Waals surface area (Å²) < 4.78 is 0. The molecule has 7 N–H and O–H groups in total. The molecule has 0 bridgehead atoms. The number of anilines is 2. The van der Waals surface area contributed by atoms with E-state index in [1.54, 1.807) is 12.1 Å². The Morgan fingerprint density at radius 2 is 1.07 bits per heavy atom. The van der Waals surface area contributed by atoms with Crippen molar-refractivity contribution in [3.8, 4) is 28.7 Å². The molecule has 2 atom stereocenters. The lowest BCUT2D eigenvalue weighted by Gasteiger charge is -2.27. The highest BCUT2D eigenvalue weighted by molar-refractivity contribution is 6.32.